The first kappa shape index (κ1) is 17.4. The normalized spacial score (nSPS) is 15.9. The maximum atomic E-state index is 12.7. The number of nitrogens with one attached hydrogen (secondary N) is 2. The number of amides is 1. The highest BCUT2D eigenvalue weighted by atomic mass is 32.1. The number of nitro benzene ring substituents is 1. The van der Waals surface area contributed by atoms with Crippen LogP contribution in [0.2, 0.25) is 0 Å². The van der Waals surface area contributed by atoms with Crippen molar-refractivity contribution in [1.29, 1.82) is 0 Å². The molecule has 9 heteroatoms. The number of aryl methyl sites for hydroxylation is 1. The van der Waals surface area contributed by atoms with Crippen molar-refractivity contribution in [2.75, 3.05) is 12.4 Å². The zero-order valence-corrected chi connectivity index (χ0v) is 15.4. The molecule has 0 fully saturated rings. The van der Waals surface area contributed by atoms with Gasteiger partial charge in [0.25, 0.3) is 11.6 Å². The quantitative estimate of drug-likeness (QED) is 0.527. The van der Waals surface area contributed by atoms with Gasteiger partial charge < -0.3 is 15.4 Å². The molecule has 0 saturated heterocycles. The number of rotatable bonds is 4. The van der Waals surface area contributed by atoms with Crippen LogP contribution in [0.1, 0.15) is 32.7 Å². The van der Waals surface area contributed by atoms with Crippen molar-refractivity contribution >= 4 is 38.8 Å². The first-order valence-electron chi connectivity index (χ1n) is 8.22. The lowest BCUT2D eigenvalue weighted by Gasteiger charge is -2.26. The molecule has 1 atom stereocenters. The molecule has 2 N–H and O–H groups in total. The van der Waals surface area contributed by atoms with E-state index in [1.807, 2.05) is 13.0 Å². The molecule has 1 amide bonds. The van der Waals surface area contributed by atoms with Crippen molar-refractivity contribution in [3.05, 3.63) is 62.1 Å². The van der Waals surface area contributed by atoms with E-state index in [9.17, 15) is 14.9 Å². The molecule has 1 aliphatic heterocycles. The molecule has 2 aromatic heterocycles. The van der Waals surface area contributed by atoms with Crippen LogP contribution >= 0.6 is 11.3 Å². The third kappa shape index (κ3) is 2.90. The summed E-state index contributed by atoms with van der Waals surface area (Å²) >= 11 is 1.29. The highest BCUT2D eigenvalue weighted by Crippen LogP contribution is 2.42. The lowest BCUT2D eigenvalue weighted by molar-refractivity contribution is -0.385. The van der Waals surface area contributed by atoms with E-state index in [0.717, 1.165) is 21.5 Å². The molecule has 0 aliphatic carbocycles. The van der Waals surface area contributed by atoms with Crippen LogP contribution < -0.4 is 10.6 Å². The summed E-state index contributed by atoms with van der Waals surface area (Å²) < 4.78 is 5.30. The third-order valence-corrected chi connectivity index (χ3v) is 5.47. The van der Waals surface area contributed by atoms with Crippen LogP contribution in [-0.4, -0.2) is 22.9 Å². The molecule has 0 bridgehead atoms. The van der Waals surface area contributed by atoms with E-state index >= 15 is 0 Å². The number of thiophene rings is 1. The van der Waals surface area contributed by atoms with Crippen LogP contribution in [-0.2, 0) is 11.3 Å². The Balaban J connectivity index is 1.87. The number of carbonyl (C=O) groups excluding carboxylic acids is 1. The molecule has 0 spiro atoms. The molecule has 3 aromatic rings. The van der Waals surface area contributed by atoms with Gasteiger partial charge in [0.1, 0.15) is 15.9 Å². The lowest BCUT2D eigenvalue weighted by atomic mass is 10.1. The average Bonchev–Trinajstić information content (AvgIpc) is 3.00. The Labute approximate surface area is 158 Å². The largest absolute Gasteiger partial charge is 0.380 e. The number of benzene rings is 1. The number of pyridine rings is 1. The summed E-state index contributed by atoms with van der Waals surface area (Å²) in [5.74, 6) is -0.282. The average molecular weight is 384 g/mol. The fraction of sp³-hybridized carbons (Fsp3) is 0.222. The molecular formula is C18H16N4O4S. The van der Waals surface area contributed by atoms with E-state index < -0.39 is 11.1 Å². The molecule has 1 aliphatic rings. The van der Waals surface area contributed by atoms with Gasteiger partial charge in [0.2, 0.25) is 0 Å². The van der Waals surface area contributed by atoms with E-state index in [4.69, 9.17) is 4.74 Å². The Hall–Kier alpha value is -3.04. The van der Waals surface area contributed by atoms with Gasteiger partial charge in [0.15, 0.2) is 0 Å². The summed E-state index contributed by atoms with van der Waals surface area (Å²) in [5.41, 5.74) is 2.74. The Morgan fingerprint density at radius 3 is 2.85 bits per heavy atom. The first-order valence-corrected chi connectivity index (χ1v) is 9.04. The number of para-hydroxylation sites is 1. The van der Waals surface area contributed by atoms with Gasteiger partial charge in [-0.2, -0.15) is 0 Å². The van der Waals surface area contributed by atoms with Crippen molar-refractivity contribution < 1.29 is 14.5 Å². The van der Waals surface area contributed by atoms with Gasteiger partial charge in [-0.05, 0) is 24.6 Å². The predicted molar refractivity (Wildman–Crippen MR) is 102 cm³/mol. The summed E-state index contributed by atoms with van der Waals surface area (Å²) in [6, 6.07) is 8.28. The molecule has 3 heterocycles. The van der Waals surface area contributed by atoms with Crippen LogP contribution in [0.5, 0.6) is 0 Å². The summed E-state index contributed by atoms with van der Waals surface area (Å²) in [5, 5.41) is 18.3. The van der Waals surface area contributed by atoms with Crippen LogP contribution in [0, 0.1) is 17.0 Å². The van der Waals surface area contributed by atoms with Gasteiger partial charge in [0, 0.05) is 24.3 Å². The zero-order valence-electron chi connectivity index (χ0n) is 14.6. The minimum absolute atomic E-state index is 0.0515. The molecular weight excluding hydrogens is 368 g/mol. The van der Waals surface area contributed by atoms with Gasteiger partial charge in [-0.25, -0.2) is 4.98 Å². The number of aromatic nitrogens is 1. The van der Waals surface area contributed by atoms with Gasteiger partial charge in [-0.3, -0.25) is 14.9 Å². The maximum Gasteiger partial charge on any atom is 0.276 e. The number of ether oxygens (including phenoxy) is 1. The second kappa shape index (κ2) is 6.60. The second-order valence-electron chi connectivity index (χ2n) is 6.21. The van der Waals surface area contributed by atoms with Gasteiger partial charge in [0.05, 0.1) is 22.8 Å². The Kier molecular flexibility index (Phi) is 4.25. The van der Waals surface area contributed by atoms with Gasteiger partial charge >= 0.3 is 0 Å². The number of methoxy groups -OCH3 is 1. The minimum atomic E-state index is -0.707. The van der Waals surface area contributed by atoms with E-state index in [-0.39, 0.29) is 11.6 Å². The first-order chi connectivity index (χ1) is 13.0. The number of hydrogen-bond donors (Lipinski definition) is 2. The highest BCUT2D eigenvalue weighted by molar-refractivity contribution is 7.21. The van der Waals surface area contributed by atoms with E-state index in [0.29, 0.717) is 22.7 Å². The summed E-state index contributed by atoms with van der Waals surface area (Å²) in [7, 11) is 1.61. The maximum absolute atomic E-state index is 12.7. The lowest BCUT2D eigenvalue weighted by Crippen LogP contribution is -2.38. The van der Waals surface area contributed by atoms with Crippen LogP contribution in [0.4, 0.5) is 11.4 Å². The zero-order chi connectivity index (χ0) is 19.1. The van der Waals surface area contributed by atoms with Crippen molar-refractivity contribution in [2.45, 2.75) is 19.7 Å². The second-order valence-corrected chi connectivity index (χ2v) is 7.21. The number of nitrogens with zero attached hydrogens (tertiary/aromatic N) is 2. The van der Waals surface area contributed by atoms with E-state index in [1.165, 1.54) is 17.4 Å². The fourth-order valence-electron chi connectivity index (χ4n) is 3.31. The number of hydrogen-bond acceptors (Lipinski definition) is 7. The fourth-order valence-corrected chi connectivity index (χ4v) is 4.44. The Bertz CT molecular complexity index is 1080. The van der Waals surface area contributed by atoms with Gasteiger partial charge in [-0.1, -0.05) is 12.1 Å². The molecule has 0 saturated carbocycles. The van der Waals surface area contributed by atoms with Crippen LogP contribution in [0.15, 0.2) is 30.3 Å². The minimum Gasteiger partial charge on any atom is -0.380 e. The van der Waals surface area contributed by atoms with Crippen molar-refractivity contribution in [2.24, 2.45) is 0 Å². The standard InChI is InChI=1S/C18H16N4O4S/c1-9-7-10(8-26-2)13-14-15(27-18(13)19-9)17(23)21-16(20-14)11-5-3-4-6-12(11)22(24)25/h3-7,16,20H,8H2,1-2H3,(H,21,23)/t16-/m1/s1. The molecule has 4 rings (SSSR count). The monoisotopic (exact) mass is 384 g/mol. The molecule has 138 valence electrons. The Morgan fingerprint density at radius 2 is 2.11 bits per heavy atom. The van der Waals surface area contributed by atoms with Gasteiger partial charge in [-0.15, -0.1) is 11.3 Å². The molecule has 1 aromatic carbocycles. The molecule has 27 heavy (non-hydrogen) atoms. The molecule has 0 radical (unpaired) electrons. The molecule has 0 unspecified atom stereocenters. The summed E-state index contributed by atoms with van der Waals surface area (Å²) in [6.07, 6.45) is -0.707. The summed E-state index contributed by atoms with van der Waals surface area (Å²) in [4.78, 5) is 29.4. The van der Waals surface area contributed by atoms with Crippen molar-refractivity contribution in [1.82, 2.24) is 10.3 Å². The number of carbonyl (C=O) groups is 1. The van der Waals surface area contributed by atoms with Crippen molar-refractivity contribution in [3.63, 3.8) is 0 Å². The molecule has 8 nitrogen and oxygen atoms in total. The summed E-state index contributed by atoms with van der Waals surface area (Å²) in [6.45, 7) is 2.27. The topological polar surface area (TPSA) is 106 Å². The van der Waals surface area contributed by atoms with Crippen molar-refractivity contribution in [3.8, 4) is 0 Å². The van der Waals surface area contributed by atoms with E-state index in [2.05, 4.69) is 15.6 Å². The number of nitro groups is 1. The smallest absolute Gasteiger partial charge is 0.276 e. The number of fused-ring (bicyclic) bond motifs is 3. The van der Waals surface area contributed by atoms with Crippen LogP contribution in [0.25, 0.3) is 10.2 Å². The number of anilines is 1. The highest BCUT2D eigenvalue weighted by Gasteiger charge is 2.33. The van der Waals surface area contributed by atoms with Crippen LogP contribution in [0.3, 0.4) is 0 Å². The van der Waals surface area contributed by atoms with E-state index in [1.54, 1.807) is 25.3 Å². The Morgan fingerprint density at radius 1 is 1.33 bits per heavy atom. The SMILES string of the molecule is COCc1cc(C)nc2sc3c(c12)N[C@@H](c1ccccc1[N+](=O)[O-])NC3=O. The third-order valence-electron chi connectivity index (χ3n) is 4.39. The predicted octanol–water partition coefficient (Wildman–Crippen LogP) is 3.51.